The van der Waals surface area contributed by atoms with E-state index in [4.69, 9.17) is 9.84 Å². The summed E-state index contributed by atoms with van der Waals surface area (Å²) in [5, 5.41) is 8.46. The molecule has 104 valence electrons. The quantitative estimate of drug-likeness (QED) is 0.391. The van der Waals surface area contributed by atoms with E-state index in [0.717, 1.165) is 25.7 Å². The maximum Gasteiger partial charge on any atom is 0.303 e. The average Bonchev–Trinajstić information content (AvgIpc) is 2.26. The van der Waals surface area contributed by atoms with Gasteiger partial charge in [0.1, 0.15) is 6.10 Å². The molecule has 0 saturated carbocycles. The minimum Gasteiger partial charge on any atom is -0.481 e. The molecule has 0 heterocycles. The SMILES string of the molecule is CC(=O)OC(C)C(C)CC=CCCCCC(=O)O. The Hall–Kier alpha value is -1.32. The van der Waals surface area contributed by atoms with Crippen LogP contribution in [0.25, 0.3) is 0 Å². The minimum absolute atomic E-state index is 0.0702. The van der Waals surface area contributed by atoms with E-state index in [9.17, 15) is 9.59 Å². The van der Waals surface area contributed by atoms with Gasteiger partial charge in [0.2, 0.25) is 0 Å². The molecule has 4 nitrogen and oxygen atoms in total. The fraction of sp³-hybridized carbons (Fsp3) is 0.714. The van der Waals surface area contributed by atoms with E-state index in [0.29, 0.717) is 5.92 Å². The van der Waals surface area contributed by atoms with Crippen LogP contribution in [0.2, 0.25) is 0 Å². The van der Waals surface area contributed by atoms with Crippen LogP contribution in [-0.2, 0) is 14.3 Å². The maximum atomic E-state index is 10.8. The van der Waals surface area contributed by atoms with Crippen LogP contribution in [0.1, 0.15) is 52.9 Å². The fourth-order valence-electron chi connectivity index (χ4n) is 1.54. The first-order valence-corrected chi connectivity index (χ1v) is 6.47. The van der Waals surface area contributed by atoms with E-state index < -0.39 is 5.97 Å². The van der Waals surface area contributed by atoms with Crippen LogP contribution in [0.3, 0.4) is 0 Å². The van der Waals surface area contributed by atoms with Gasteiger partial charge < -0.3 is 9.84 Å². The van der Waals surface area contributed by atoms with Crippen molar-refractivity contribution >= 4 is 11.9 Å². The van der Waals surface area contributed by atoms with Crippen molar-refractivity contribution in [3.05, 3.63) is 12.2 Å². The highest BCUT2D eigenvalue weighted by atomic mass is 16.5. The number of rotatable bonds is 9. The van der Waals surface area contributed by atoms with Crippen LogP contribution in [0.4, 0.5) is 0 Å². The van der Waals surface area contributed by atoms with Gasteiger partial charge in [-0.05, 0) is 38.5 Å². The lowest BCUT2D eigenvalue weighted by Crippen LogP contribution is -2.20. The summed E-state index contributed by atoms with van der Waals surface area (Å²) in [4.78, 5) is 21.1. The first-order chi connectivity index (χ1) is 8.43. The number of carbonyl (C=O) groups excluding carboxylic acids is 1. The topological polar surface area (TPSA) is 63.6 Å². The number of unbranched alkanes of at least 4 members (excludes halogenated alkanes) is 2. The Kier molecular flexibility index (Phi) is 8.97. The highest BCUT2D eigenvalue weighted by Gasteiger charge is 2.12. The molecular weight excluding hydrogens is 232 g/mol. The summed E-state index contributed by atoms with van der Waals surface area (Å²) in [5.41, 5.74) is 0. The molecule has 0 spiro atoms. The lowest BCUT2D eigenvalue weighted by molar-refractivity contribution is -0.147. The van der Waals surface area contributed by atoms with Crippen molar-refractivity contribution in [1.29, 1.82) is 0 Å². The van der Waals surface area contributed by atoms with Gasteiger partial charge in [-0.3, -0.25) is 9.59 Å². The molecular formula is C14H24O4. The number of carbonyl (C=O) groups is 2. The van der Waals surface area contributed by atoms with Gasteiger partial charge in [-0.2, -0.15) is 0 Å². The average molecular weight is 256 g/mol. The van der Waals surface area contributed by atoms with Gasteiger partial charge in [-0.25, -0.2) is 0 Å². The standard InChI is InChI=1S/C14H24O4/c1-11(12(2)18-13(3)15)9-7-5-4-6-8-10-14(16)17/h5,7,11-12H,4,6,8-10H2,1-3H3,(H,16,17). The predicted molar refractivity (Wildman–Crippen MR) is 70.3 cm³/mol. The molecule has 0 aliphatic carbocycles. The smallest absolute Gasteiger partial charge is 0.303 e. The van der Waals surface area contributed by atoms with E-state index in [2.05, 4.69) is 12.2 Å². The second kappa shape index (κ2) is 9.68. The Morgan fingerprint density at radius 2 is 1.89 bits per heavy atom. The largest absolute Gasteiger partial charge is 0.481 e. The zero-order valence-electron chi connectivity index (χ0n) is 11.5. The molecule has 0 amide bonds. The van der Waals surface area contributed by atoms with E-state index in [-0.39, 0.29) is 18.5 Å². The van der Waals surface area contributed by atoms with Crippen LogP contribution in [0.5, 0.6) is 0 Å². The second-order valence-corrected chi connectivity index (χ2v) is 4.64. The van der Waals surface area contributed by atoms with Gasteiger partial charge in [0.05, 0.1) is 0 Å². The molecule has 1 N–H and O–H groups in total. The van der Waals surface area contributed by atoms with Crippen molar-refractivity contribution in [3.63, 3.8) is 0 Å². The van der Waals surface area contributed by atoms with Gasteiger partial charge in [-0.15, -0.1) is 0 Å². The monoisotopic (exact) mass is 256 g/mol. The highest BCUT2D eigenvalue weighted by Crippen LogP contribution is 2.13. The van der Waals surface area contributed by atoms with Crippen molar-refractivity contribution in [2.24, 2.45) is 5.92 Å². The van der Waals surface area contributed by atoms with Crippen molar-refractivity contribution < 1.29 is 19.4 Å². The third-order valence-corrected chi connectivity index (χ3v) is 2.84. The number of esters is 1. The number of aliphatic carboxylic acids is 1. The van der Waals surface area contributed by atoms with Crippen molar-refractivity contribution in [3.8, 4) is 0 Å². The fourth-order valence-corrected chi connectivity index (χ4v) is 1.54. The van der Waals surface area contributed by atoms with Crippen molar-refractivity contribution in [2.45, 2.75) is 59.0 Å². The molecule has 0 radical (unpaired) electrons. The molecule has 0 aromatic heterocycles. The van der Waals surface area contributed by atoms with Crippen LogP contribution in [0.15, 0.2) is 12.2 Å². The Balaban J connectivity index is 3.62. The Labute approximate surface area is 109 Å². The van der Waals surface area contributed by atoms with Gasteiger partial charge in [0.25, 0.3) is 0 Å². The first-order valence-electron chi connectivity index (χ1n) is 6.47. The van der Waals surface area contributed by atoms with Crippen LogP contribution >= 0.6 is 0 Å². The third kappa shape index (κ3) is 9.87. The zero-order chi connectivity index (χ0) is 14.0. The number of carboxylic acids is 1. The molecule has 4 heteroatoms. The molecule has 0 aliphatic rings. The molecule has 0 aromatic carbocycles. The Morgan fingerprint density at radius 3 is 2.44 bits per heavy atom. The maximum absolute atomic E-state index is 10.8. The Bertz CT molecular complexity index is 284. The van der Waals surface area contributed by atoms with Gasteiger partial charge in [0, 0.05) is 13.3 Å². The number of ether oxygens (including phenoxy) is 1. The molecule has 0 aromatic rings. The predicted octanol–water partition coefficient (Wildman–Crippen LogP) is 3.17. The summed E-state index contributed by atoms with van der Waals surface area (Å²) >= 11 is 0. The molecule has 0 saturated heterocycles. The molecule has 2 atom stereocenters. The van der Waals surface area contributed by atoms with Crippen molar-refractivity contribution in [2.75, 3.05) is 0 Å². The number of carboxylic acid groups (broad SMARTS) is 1. The second-order valence-electron chi connectivity index (χ2n) is 4.64. The number of hydrogen-bond donors (Lipinski definition) is 1. The van der Waals surface area contributed by atoms with Gasteiger partial charge in [0.15, 0.2) is 0 Å². The summed E-state index contributed by atoms with van der Waals surface area (Å²) in [6.45, 7) is 5.36. The molecule has 2 unspecified atom stereocenters. The van der Waals surface area contributed by atoms with Crippen LogP contribution in [0, 0.1) is 5.92 Å². The number of allylic oxidation sites excluding steroid dienone is 2. The van der Waals surface area contributed by atoms with E-state index >= 15 is 0 Å². The van der Waals surface area contributed by atoms with Crippen LogP contribution < -0.4 is 0 Å². The molecule has 0 rings (SSSR count). The molecule has 0 aliphatic heterocycles. The van der Waals surface area contributed by atoms with E-state index in [1.54, 1.807) is 0 Å². The van der Waals surface area contributed by atoms with Crippen LogP contribution in [-0.4, -0.2) is 23.1 Å². The van der Waals surface area contributed by atoms with Gasteiger partial charge in [-0.1, -0.05) is 19.1 Å². The summed E-state index contributed by atoms with van der Waals surface area (Å²) < 4.78 is 5.10. The third-order valence-electron chi connectivity index (χ3n) is 2.84. The normalized spacial score (nSPS) is 14.4. The van der Waals surface area contributed by atoms with Gasteiger partial charge >= 0.3 is 11.9 Å². The van der Waals surface area contributed by atoms with E-state index in [1.165, 1.54) is 6.92 Å². The summed E-state index contributed by atoms with van der Waals surface area (Å²) in [7, 11) is 0. The summed E-state index contributed by atoms with van der Waals surface area (Å²) in [6, 6.07) is 0. The molecule has 0 fully saturated rings. The summed E-state index contributed by atoms with van der Waals surface area (Å²) in [6.07, 6.45) is 7.71. The molecule has 18 heavy (non-hydrogen) atoms. The Morgan fingerprint density at radius 1 is 1.22 bits per heavy atom. The van der Waals surface area contributed by atoms with E-state index in [1.807, 2.05) is 13.8 Å². The highest BCUT2D eigenvalue weighted by molar-refractivity contribution is 5.66. The summed E-state index contributed by atoms with van der Waals surface area (Å²) in [5.74, 6) is -0.682. The lowest BCUT2D eigenvalue weighted by atomic mass is 10.0. The first kappa shape index (κ1) is 16.7. The lowest BCUT2D eigenvalue weighted by Gasteiger charge is -2.17. The zero-order valence-corrected chi connectivity index (χ0v) is 11.5. The van der Waals surface area contributed by atoms with Crippen molar-refractivity contribution in [1.82, 2.24) is 0 Å². The minimum atomic E-state index is -0.734. The number of hydrogen-bond acceptors (Lipinski definition) is 3. The molecule has 0 bridgehead atoms.